The van der Waals surface area contributed by atoms with Crippen LogP contribution in [0, 0.1) is 0 Å². The number of rotatable bonds is 4. The topological polar surface area (TPSA) is 61.4 Å². The van der Waals surface area contributed by atoms with E-state index in [2.05, 4.69) is 10.6 Å². The summed E-state index contributed by atoms with van der Waals surface area (Å²) in [6.45, 7) is 3.68. The second-order valence-electron chi connectivity index (χ2n) is 3.28. The van der Waals surface area contributed by atoms with Crippen LogP contribution in [0.4, 0.5) is 0 Å². The van der Waals surface area contributed by atoms with E-state index in [4.69, 9.17) is 0 Å². The fraction of sp³-hybridized carbons (Fsp3) is 0.875. The van der Waals surface area contributed by atoms with Gasteiger partial charge in [0.1, 0.15) is 0 Å². The molecule has 0 aromatic carbocycles. The van der Waals surface area contributed by atoms with E-state index in [-0.39, 0.29) is 5.91 Å². The minimum atomic E-state index is -0.568. The summed E-state index contributed by atoms with van der Waals surface area (Å²) in [4.78, 5) is 10.8. The molecule has 0 aromatic rings. The van der Waals surface area contributed by atoms with Crippen LogP contribution < -0.4 is 10.6 Å². The highest BCUT2D eigenvalue weighted by molar-refractivity contribution is 5.75. The highest BCUT2D eigenvalue weighted by atomic mass is 16.3. The number of hydrogen-bond donors (Lipinski definition) is 3. The van der Waals surface area contributed by atoms with Crippen LogP contribution in [-0.2, 0) is 4.79 Å². The third-order valence-corrected chi connectivity index (χ3v) is 2.14. The van der Waals surface area contributed by atoms with Crippen LogP contribution in [0.25, 0.3) is 0 Å². The zero-order valence-electron chi connectivity index (χ0n) is 7.39. The van der Waals surface area contributed by atoms with Gasteiger partial charge in [0.05, 0.1) is 5.60 Å². The van der Waals surface area contributed by atoms with Crippen molar-refractivity contribution < 1.29 is 9.90 Å². The summed E-state index contributed by atoms with van der Waals surface area (Å²) in [6, 6.07) is 0. The average Bonchev–Trinajstić information content (AvgIpc) is 2.01. The molecular formula is C8H16N2O2. The molecule has 4 heteroatoms. The van der Waals surface area contributed by atoms with Gasteiger partial charge in [0.2, 0.25) is 5.91 Å². The van der Waals surface area contributed by atoms with E-state index < -0.39 is 5.60 Å². The number of hydrogen-bond acceptors (Lipinski definition) is 3. The third-order valence-electron chi connectivity index (χ3n) is 2.14. The highest BCUT2D eigenvalue weighted by Gasteiger charge is 2.33. The maximum Gasteiger partial charge on any atom is 0.219 e. The van der Waals surface area contributed by atoms with Gasteiger partial charge in [-0.2, -0.15) is 0 Å². The zero-order valence-corrected chi connectivity index (χ0v) is 7.39. The zero-order chi connectivity index (χ0) is 9.03. The van der Waals surface area contributed by atoms with Crippen molar-refractivity contribution in [3.63, 3.8) is 0 Å². The van der Waals surface area contributed by atoms with Crippen LogP contribution in [0.2, 0.25) is 0 Å². The highest BCUT2D eigenvalue weighted by Crippen LogP contribution is 2.13. The van der Waals surface area contributed by atoms with Gasteiger partial charge in [0, 0.05) is 26.1 Å². The largest absolute Gasteiger partial charge is 0.387 e. The van der Waals surface area contributed by atoms with Gasteiger partial charge >= 0.3 is 0 Å². The first-order chi connectivity index (χ1) is 5.66. The molecule has 0 aromatic heterocycles. The number of aliphatic hydroxyl groups is 1. The molecule has 0 spiro atoms. The van der Waals surface area contributed by atoms with Crippen LogP contribution in [-0.4, -0.2) is 36.2 Å². The van der Waals surface area contributed by atoms with Gasteiger partial charge in [-0.05, 0) is 6.42 Å². The SMILES string of the molecule is CCC(=O)NCCC1(O)CNC1. The number of β-amino-alcohol motifs (C(OH)–C–C–N with tert-alkyl or cyclic N) is 1. The second kappa shape index (κ2) is 3.87. The molecule has 1 aliphatic heterocycles. The summed E-state index contributed by atoms with van der Waals surface area (Å²) >= 11 is 0. The van der Waals surface area contributed by atoms with E-state index in [1.807, 2.05) is 6.92 Å². The molecule has 1 amide bonds. The van der Waals surface area contributed by atoms with Gasteiger partial charge in [0.25, 0.3) is 0 Å². The van der Waals surface area contributed by atoms with E-state index in [9.17, 15) is 9.90 Å². The Labute approximate surface area is 72.3 Å². The van der Waals surface area contributed by atoms with Gasteiger partial charge in [0.15, 0.2) is 0 Å². The van der Waals surface area contributed by atoms with Gasteiger partial charge in [-0.3, -0.25) is 4.79 Å². The van der Waals surface area contributed by atoms with Crippen LogP contribution in [0.1, 0.15) is 19.8 Å². The second-order valence-corrected chi connectivity index (χ2v) is 3.28. The molecule has 3 N–H and O–H groups in total. The predicted molar refractivity (Wildman–Crippen MR) is 45.7 cm³/mol. The van der Waals surface area contributed by atoms with Gasteiger partial charge in [-0.15, -0.1) is 0 Å². The summed E-state index contributed by atoms with van der Waals surface area (Å²) in [7, 11) is 0. The van der Waals surface area contributed by atoms with Crippen LogP contribution in [0.3, 0.4) is 0 Å². The average molecular weight is 172 g/mol. The maximum absolute atomic E-state index is 10.8. The van der Waals surface area contributed by atoms with Crippen LogP contribution in [0.5, 0.6) is 0 Å². The fourth-order valence-electron chi connectivity index (χ4n) is 1.15. The van der Waals surface area contributed by atoms with Gasteiger partial charge in [-0.25, -0.2) is 0 Å². The first kappa shape index (κ1) is 9.48. The molecule has 0 radical (unpaired) electrons. The van der Waals surface area contributed by atoms with Crippen molar-refractivity contribution in [2.75, 3.05) is 19.6 Å². The van der Waals surface area contributed by atoms with Crippen molar-refractivity contribution >= 4 is 5.91 Å². The first-order valence-corrected chi connectivity index (χ1v) is 4.36. The smallest absolute Gasteiger partial charge is 0.219 e. The van der Waals surface area contributed by atoms with Crippen molar-refractivity contribution in [2.24, 2.45) is 0 Å². The molecule has 1 aliphatic rings. The van der Waals surface area contributed by atoms with Crippen molar-refractivity contribution in [1.29, 1.82) is 0 Å². The lowest BCUT2D eigenvalue weighted by Gasteiger charge is -2.37. The molecule has 1 heterocycles. The number of carbonyl (C=O) groups is 1. The van der Waals surface area contributed by atoms with E-state index in [1.54, 1.807) is 0 Å². The Bertz CT molecular complexity index is 166. The Morgan fingerprint density at radius 3 is 2.75 bits per heavy atom. The van der Waals surface area contributed by atoms with Gasteiger partial charge < -0.3 is 15.7 Å². The Balaban J connectivity index is 2.05. The lowest BCUT2D eigenvalue weighted by molar-refractivity contribution is -0.121. The maximum atomic E-state index is 10.8. The molecule has 0 bridgehead atoms. The molecule has 1 rings (SSSR count). The molecule has 0 unspecified atom stereocenters. The Morgan fingerprint density at radius 2 is 2.33 bits per heavy atom. The van der Waals surface area contributed by atoms with Gasteiger partial charge in [-0.1, -0.05) is 6.92 Å². The van der Waals surface area contributed by atoms with E-state index >= 15 is 0 Å². The first-order valence-electron chi connectivity index (χ1n) is 4.36. The summed E-state index contributed by atoms with van der Waals surface area (Å²) in [5, 5.41) is 15.3. The minimum absolute atomic E-state index is 0.0471. The number of carbonyl (C=O) groups excluding carboxylic acids is 1. The van der Waals surface area contributed by atoms with E-state index in [0.29, 0.717) is 32.5 Å². The van der Waals surface area contributed by atoms with Crippen LogP contribution >= 0.6 is 0 Å². The molecule has 0 atom stereocenters. The van der Waals surface area contributed by atoms with Crippen molar-refractivity contribution in [3.05, 3.63) is 0 Å². The molecule has 1 fully saturated rings. The monoisotopic (exact) mass is 172 g/mol. The van der Waals surface area contributed by atoms with E-state index in [0.717, 1.165) is 0 Å². The van der Waals surface area contributed by atoms with Crippen LogP contribution in [0.15, 0.2) is 0 Å². The third kappa shape index (κ3) is 2.46. The molecule has 0 aliphatic carbocycles. The number of nitrogens with one attached hydrogen (secondary N) is 2. The standard InChI is InChI=1S/C8H16N2O2/c1-2-7(11)10-4-3-8(12)5-9-6-8/h9,12H,2-6H2,1H3,(H,10,11). The molecular weight excluding hydrogens is 156 g/mol. The predicted octanol–water partition coefficient (Wildman–Crippen LogP) is -0.763. The van der Waals surface area contributed by atoms with Crippen molar-refractivity contribution in [1.82, 2.24) is 10.6 Å². The molecule has 1 saturated heterocycles. The fourth-order valence-corrected chi connectivity index (χ4v) is 1.15. The van der Waals surface area contributed by atoms with E-state index in [1.165, 1.54) is 0 Å². The molecule has 4 nitrogen and oxygen atoms in total. The lowest BCUT2D eigenvalue weighted by Crippen LogP contribution is -2.60. The Hall–Kier alpha value is -0.610. The molecule has 0 saturated carbocycles. The summed E-state index contributed by atoms with van der Waals surface area (Å²) < 4.78 is 0. The Morgan fingerprint density at radius 1 is 1.67 bits per heavy atom. The quantitative estimate of drug-likeness (QED) is 0.522. The molecule has 12 heavy (non-hydrogen) atoms. The van der Waals surface area contributed by atoms with Crippen molar-refractivity contribution in [2.45, 2.75) is 25.4 Å². The summed E-state index contributed by atoms with van der Waals surface area (Å²) in [5.41, 5.74) is -0.568. The van der Waals surface area contributed by atoms with Crippen molar-refractivity contribution in [3.8, 4) is 0 Å². The lowest BCUT2D eigenvalue weighted by atomic mass is 9.93. The Kier molecular flexibility index (Phi) is 3.05. The summed E-state index contributed by atoms with van der Waals surface area (Å²) in [5.74, 6) is 0.0471. The molecule has 70 valence electrons. The normalized spacial score (nSPS) is 19.8. The minimum Gasteiger partial charge on any atom is -0.387 e. The number of amides is 1. The summed E-state index contributed by atoms with van der Waals surface area (Å²) in [6.07, 6.45) is 1.16.